The molecular formula is C16H16N2O3. The summed E-state index contributed by atoms with van der Waals surface area (Å²) >= 11 is 0. The second kappa shape index (κ2) is 6.65. The minimum atomic E-state index is -0.494. The monoisotopic (exact) mass is 284 g/mol. The van der Waals surface area contributed by atoms with Gasteiger partial charge in [-0.05, 0) is 19.1 Å². The predicted molar refractivity (Wildman–Crippen MR) is 81.8 cm³/mol. The zero-order chi connectivity index (χ0) is 15.2. The first-order valence-corrected chi connectivity index (χ1v) is 6.69. The molecule has 0 saturated carbocycles. The number of rotatable bonds is 6. The van der Waals surface area contributed by atoms with Gasteiger partial charge < -0.3 is 4.90 Å². The summed E-state index contributed by atoms with van der Waals surface area (Å²) in [5.74, 6) is -0.135. The van der Waals surface area contributed by atoms with Crippen LogP contribution in [0.2, 0.25) is 0 Å². The highest BCUT2D eigenvalue weighted by molar-refractivity contribution is 5.99. The zero-order valence-electron chi connectivity index (χ0n) is 11.7. The highest BCUT2D eigenvalue weighted by atomic mass is 16.6. The molecule has 0 N–H and O–H groups in total. The number of anilines is 1. The molecule has 0 aliphatic heterocycles. The minimum Gasteiger partial charge on any atom is -0.364 e. The molecule has 0 aliphatic rings. The van der Waals surface area contributed by atoms with Crippen LogP contribution in [0.4, 0.5) is 11.4 Å². The maximum atomic E-state index is 12.3. The highest BCUT2D eigenvalue weighted by Crippen LogP contribution is 2.16. The van der Waals surface area contributed by atoms with Crippen LogP contribution in [0.25, 0.3) is 0 Å². The summed E-state index contributed by atoms with van der Waals surface area (Å²) in [4.78, 5) is 24.5. The summed E-state index contributed by atoms with van der Waals surface area (Å²) in [6, 6.07) is 15.4. The lowest BCUT2D eigenvalue weighted by molar-refractivity contribution is -0.384. The van der Waals surface area contributed by atoms with Crippen molar-refractivity contribution in [2.45, 2.75) is 6.92 Å². The number of carbonyl (C=O) groups is 1. The molecule has 0 aromatic heterocycles. The lowest BCUT2D eigenvalue weighted by atomic mass is 10.1. The summed E-state index contributed by atoms with van der Waals surface area (Å²) in [5.41, 5.74) is 1.25. The van der Waals surface area contributed by atoms with Crippen molar-refractivity contribution in [3.05, 3.63) is 70.3 Å². The number of Topliss-reactive ketones (excluding diaryl/α,β-unsaturated/α-hetero) is 1. The van der Waals surface area contributed by atoms with Gasteiger partial charge in [-0.1, -0.05) is 30.3 Å². The molecule has 0 heterocycles. The third-order valence-corrected chi connectivity index (χ3v) is 3.22. The molecule has 2 rings (SSSR count). The molecule has 2 aromatic rings. The van der Waals surface area contributed by atoms with Crippen LogP contribution in [0.15, 0.2) is 54.6 Å². The Kier molecular flexibility index (Phi) is 4.66. The van der Waals surface area contributed by atoms with Crippen molar-refractivity contribution in [2.24, 2.45) is 0 Å². The molecule has 0 fully saturated rings. The molecule has 108 valence electrons. The van der Waals surface area contributed by atoms with Gasteiger partial charge in [0.05, 0.1) is 11.5 Å². The first-order valence-electron chi connectivity index (χ1n) is 6.69. The number of nitro benzene ring substituents is 1. The van der Waals surface area contributed by atoms with Crippen molar-refractivity contribution >= 4 is 17.2 Å². The Morgan fingerprint density at radius 3 is 2.48 bits per heavy atom. The lowest BCUT2D eigenvalue weighted by Crippen LogP contribution is -2.29. The van der Waals surface area contributed by atoms with E-state index in [1.807, 2.05) is 42.2 Å². The molecule has 2 aromatic carbocycles. The van der Waals surface area contributed by atoms with E-state index in [1.54, 1.807) is 6.07 Å². The third kappa shape index (κ3) is 3.66. The fourth-order valence-electron chi connectivity index (χ4n) is 2.08. The van der Waals surface area contributed by atoms with E-state index in [2.05, 4.69) is 0 Å². The van der Waals surface area contributed by atoms with Gasteiger partial charge in [0.1, 0.15) is 0 Å². The smallest absolute Gasteiger partial charge is 0.270 e. The van der Waals surface area contributed by atoms with E-state index in [4.69, 9.17) is 0 Å². The number of likely N-dealkylation sites (N-methyl/N-ethyl adjacent to an activating group) is 1. The van der Waals surface area contributed by atoms with Gasteiger partial charge in [0.15, 0.2) is 5.78 Å². The topological polar surface area (TPSA) is 63.5 Å². The summed E-state index contributed by atoms with van der Waals surface area (Å²) in [5, 5.41) is 10.8. The summed E-state index contributed by atoms with van der Waals surface area (Å²) in [6.07, 6.45) is 0. The standard InChI is InChI=1S/C16H16N2O3/c1-2-17(14-8-4-3-5-9-14)12-16(19)13-7-6-10-15(11-13)18(20)21/h3-11H,2,12H2,1H3. The van der Waals surface area contributed by atoms with Crippen molar-refractivity contribution in [3.63, 3.8) is 0 Å². The van der Waals surface area contributed by atoms with Crippen LogP contribution in [0.5, 0.6) is 0 Å². The van der Waals surface area contributed by atoms with Crippen LogP contribution in [0.1, 0.15) is 17.3 Å². The van der Waals surface area contributed by atoms with Crippen molar-refractivity contribution in [1.82, 2.24) is 0 Å². The van der Waals surface area contributed by atoms with Gasteiger partial charge in [0, 0.05) is 29.9 Å². The molecule has 0 atom stereocenters. The van der Waals surface area contributed by atoms with Gasteiger partial charge >= 0.3 is 0 Å². The van der Waals surface area contributed by atoms with Crippen LogP contribution in [0, 0.1) is 10.1 Å². The Bertz CT molecular complexity index is 641. The summed E-state index contributed by atoms with van der Waals surface area (Å²) in [7, 11) is 0. The maximum absolute atomic E-state index is 12.3. The molecule has 0 aliphatic carbocycles. The van der Waals surface area contributed by atoms with Crippen LogP contribution in [-0.4, -0.2) is 23.8 Å². The van der Waals surface area contributed by atoms with Crippen LogP contribution < -0.4 is 4.90 Å². The molecule has 0 spiro atoms. The second-order valence-electron chi connectivity index (χ2n) is 4.58. The number of hydrogen-bond donors (Lipinski definition) is 0. The van der Waals surface area contributed by atoms with Crippen molar-refractivity contribution in [2.75, 3.05) is 18.0 Å². The summed E-state index contributed by atoms with van der Waals surface area (Å²) in [6.45, 7) is 2.85. The first-order chi connectivity index (χ1) is 10.1. The Morgan fingerprint density at radius 1 is 1.14 bits per heavy atom. The molecule has 5 heteroatoms. The van der Waals surface area contributed by atoms with E-state index in [0.717, 1.165) is 5.69 Å². The van der Waals surface area contributed by atoms with Gasteiger partial charge in [0.2, 0.25) is 0 Å². The van der Waals surface area contributed by atoms with Gasteiger partial charge in [0.25, 0.3) is 5.69 Å². The molecule has 21 heavy (non-hydrogen) atoms. The van der Waals surface area contributed by atoms with E-state index in [9.17, 15) is 14.9 Å². The molecule has 0 saturated heterocycles. The largest absolute Gasteiger partial charge is 0.364 e. The SMILES string of the molecule is CCN(CC(=O)c1cccc([N+](=O)[O-])c1)c1ccccc1. The Hall–Kier alpha value is -2.69. The first kappa shape index (κ1) is 14.7. The van der Waals surface area contributed by atoms with E-state index in [0.29, 0.717) is 12.1 Å². The average molecular weight is 284 g/mol. The van der Waals surface area contributed by atoms with E-state index in [1.165, 1.54) is 18.2 Å². The van der Waals surface area contributed by atoms with E-state index < -0.39 is 4.92 Å². The second-order valence-corrected chi connectivity index (χ2v) is 4.58. The van der Waals surface area contributed by atoms with Crippen molar-refractivity contribution in [3.8, 4) is 0 Å². The minimum absolute atomic E-state index is 0.0661. The maximum Gasteiger partial charge on any atom is 0.270 e. The Balaban J connectivity index is 2.17. The van der Waals surface area contributed by atoms with E-state index in [-0.39, 0.29) is 18.0 Å². The van der Waals surface area contributed by atoms with Gasteiger partial charge in [-0.15, -0.1) is 0 Å². The van der Waals surface area contributed by atoms with E-state index >= 15 is 0 Å². The lowest BCUT2D eigenvalue weighted by Gasteiger charge is -2.22. The van der Waals surface area contributed by atoms with Gasteiger partial charge in [-0.3, -0.25) is 14.9 Å². The van der Waals surface area contributed by atoms with Gasteiger partial charge in [-0.25, -0.2) is 0 Å². The average Bonchev–Trinajstić information content (AvgIpc) is 2.53. The highest BCUT2D eigenvalue weighted by Gasteiger charge is 2.14. The fraction of sp³-hybridized carbons (Fsp3) is 0.188. The summed E-state index contributed by atoms with van der Waals surface area (Å²) < 4.78 is 0. The fourth-order valence-corrected chi connectivity index (χ4v) is 2.08. The molecule has 0 bridgehead atoms. The number of hydrogen-bond acceptors (Lipinski definition) is 4. The number of nitro groups is 1. The molecule has 0 radical (unpaired) electrons. The Labute approximate surface area is 123 Å². The van der Waals surface area contributed by atoms with Crippen LogP contribution in [0.3, 0.4) is 0 Å². The third-order valence-electron chi connectivity index (χ3n) is 3.22. The normalized spacial score (nSPS) is 10.1. The number of nitrogens with zero attached hydrogens (tertiary/aromatic N) is 2. The molecule has 0 unspecified atom stereocenters. The van der Waals surface area contributed by atoms with Crippen LogP contribution in [-0.2, 0) is 0 Å². The number of benzene rings is 2. The number of non-ortho nitro benzene ring substituents is 1. The molecule has 5 nitrogen and oxygen atoms in total. The van der Waals surface area contributed by atoms with Gasteiger partial charge in [-0.2, -0.15) is 0 Å². The predicted octanol–water partition coefficient (Wildman–Crippen LogP) is 3.30. The number of carbonyl (C=O) groups excluding carboxylic acids is 1. The zero-order valence-corrected chi connectivity index (χ0v) is 11.7. The van der Waals surface area contributed by atoms with Crippen molar-refractivity contribution in [1.29, 1.82) is 0 Å². The van der Waals surface area contributed by atoms with Crippen molar-refractivity contribution < 1.29 is 9.72 Å². The quantitative estimate of drug-likeness (QED) is 0.464. The number of ketones is 1. The molecular weight excluding hydrogens is 268 g/mol. The van der Waals surface area contributed by atoms with Crippen LogP contribution >= 0.6 is 0 Å². The Morgan fingerprint density at radius 2 is 1.86 bits per heavy atom. The molecule has 0 amide bonds. The number of para-hydroxylation sites is 1.